The summed E-state index contributed by atoms with van der Waals surface area (Å²) in [4.78, 5) is 36.9. The number of amides is 2. The number of rotatable bonds is 4. The predicted molar refractivity (Wildman–Crippen MR) is 82.4 cm³/mol. The fourth-order valence-corrected chi connectivity index (χ4v) is 2.97. The average molecular weight is 339 g/mol. The van der Waals surface area contributed by atoms with Crippen molar-refractivity contribution in [3.63, 3.8) is 0 Å². The highest BCUT2D eigenvalue weighted by molar-refractivity contribution is 7.84. The predicted octanol–water partition coefficient (Wildman–Crippen LogP) is 0.138. The van der Waals surface area contributed by atoms with E-state index < -0.39 is 28.8 Å². The van der Waals surface area contributed by atoms with Gasteiger partial charge in [-0.1, -0.05) is 11.3 Å². The fraction of sp³-hybridized carbons (Fsp3) is 0.429. The molecule has 0 radical (unpaired) electrons. The molecule has 2 N–H and O–H groups in total. The lowest BCUT2D eigenvalue weighted by molar-refractivity contribution is -0.422. The molecule has 2 atom stereocenters. The van der Waals surface area contributed by atoms with Gasteiger partial charge in [0, 0.05) is 34.9 Å². The summed E-state index contributed by atoms with van der Waals surface area (Å²) in [5.41, 5.74) is 6.59. The number of nitrogens with two attached hydrogens (primary N) is 1. The summed E-state index contributed by atoms with van der Waals surface area (Å²) in [6.45, 7) is 0.578. The SMILES string of the molecule is CS(=O)CCN1OCCC(N2C(=O)c3cccc(N)c3C2=O)O1. The van der Waals surface area contributed by atoms with Crippen molar-refractivity contribution in [3.8, 4) is 0 Å². The molecule has 0 spiro atoms. The minimum atomic E-state index is -0.996. The molecule has 3 rings (SSSR count). The summed E-state index contributed by atoms with van der Waals surface area (Å²) < 4.78 is 11.2. The van der Waals surface area contributed by atoms with E-state index in [1.54, 1.807) is 24.5 Å². The Kier molecular flexibility index (Phi) is 4.44. The highest BCUT2D eigenvalue weighted by Gasteiger charge is 2.43. The minimum absolute atomic E-state index is 0.216. The maximum Gasteiger partial charge on any atom is 0.265 e. The van der Waals surface area contributed by atoms with Crippen molar-refractivity contribution in [2.75, 3.05) is 30.9 Å². The van der Waals surface area contributed by atoms with Crippen LogP contribution in [0.2, 0.25) is 0 Å². The highest BCUT2D eigenvalue weighted by Crippen LogP contribution is 2.31. The monoisotopic (exact) mass is 339 g/mol. The molecule has 1 saturated heterocycles. The molecule has 0 bridgehead atoms. The van der Waals surface area contributed by atoms with Gasteiger partial charge >= 0.3 is 0 Å². The second kappa shape index (κ2) is 6.36. The van der Waals surface area contributed by atoms with Crippen molar-refractivity contribution in [2.24, 2.45) is 0 Å². The number of benzene rings is 1. The Morgan fingerprint density at radius 3 is 2.83 bits per heavy atom. The number of imide groups is 1. The Balaban J connectivity index is 1.77. The summed E-state index contributed by atoms with van der Waals surface area (Å²) >= 11 is 0. The summed E-state index contributed by atoms with van der Waals surface area (Å²) in [6, 6.07) is 4.79. The number of hydroxylamine groups is 2. The van der Waals surface area contributed by atoms with Gasteiger partial charge in [0.25, 0.3) is 11.8 Å². The van der Waals surface area contributed by atoms with E-state index in [0.29, 0.717) is 18.8 Å². The lowest BCUT2D eigenvalue weighted by Gasteiger charge is -2.34. The molecule has 124 valence electrons. The van der Waals surface area contributed by atoms with Gasteiger partial charge in [-0.2, -0.15) is 0 Å². The molecule has 2 aliphatic heterocycles. The molecule has 2 unspecified atom stereocenters. The number of nitrogen functional groups attached to an aromatic ring is 1. The van der Waals surface area contributed by atoms with Gasteiger partial charge in [0.15, 0.2) is 6.23 Å². The third-order valence-electron chi connectivity index (χ3n) is 3.67. The van der Waals surface area contributed by atoms with Crippen LogP contribution in [0.25, 0.3) is 0 Å². The lowest BCUT2D eigenvalue weighted by atomic mass is 10.1. The number of hydrogen-bond donors (Lipinski definition) is 1. The average Bonchev–Trinajstić information content (AvgIpc) is 2.78. The molecule has 8 nitrogen and oxygen atoms in total. The summed E-state index contributed by atoms with van der Waals surface area (Å²) in [6.07, 6.45) is 1.17. The first kappa shape index (κ1) is 16.1. The van der Waals surface area contributed by atoms with Crippen LogP contribution < -0.4 is 5.73 Å². The molecule has 2 amide bonds. The van der Waals surface area contributed by atoms with E-state index in [-0.39, 0.29) is 23.4 Å². The first-order chi connectivity index (χ1) is 11.0. The van der Waals surface area contributed by atoms with Crippen molar-refractivity contribution in [1.29, 1.82) is 0 Å². The quantitative estimate of drug-likeness (QED) is 0.615. The number of fused-ring (bicyclic) bond motifs is 1. The Morgan fingerprint density at radius 2 is 2.13 bits per heavy atom. The Bertz CT molecular complexity index is 680. The van der Waals surface area contributed by atoms with Gasteiger partial charge in [0.1, 0.15) is 0 Å². The molecule has 0 aliphatic carbocycles. The molecule has 0 saturated carbocycles. The van der Waals surface area contributed by atoms with E-state index in [2.05, 4.69) is 0 Å². The number of nitrogens with zero attached hydrogens (tertiary/aromatic N) is 2. The number of carbonyl (C=O) groups is 2. The second-order valence-corrected chi connectivity index (χ2v) is 6.82. The van der Waals surface area contributed by atoms with Crippen LogP contribution in [0.15, 0.2) is 18.2 Å². The number of carbonyl (C=O) groups excluding carboxylic acids is 2. The van der Waals surface area contributed by atoms with Crippen LogP contribution in [0, 0.1) is 0 Å². The summed E-state index contributed by atoms with van der Waals surface area (Å²) in [5, 5.41) is 1.18. The third-order valence-corrected chi connectivity index (χ3v) is 4.42. The van der Waals surface area contributed by atoms with Crippen LogP contribution in [0.3, 0.4) is 0 Å². The molecule has 1 aromatic rings. The lowest BCUT2D eigenvalue weighted by Crippen LogP contribution is -2.49. The molecule has 23 heavy (non-hydrogen) atoms. The van der Waals surface area contributed by atoms with Crippen LogP contribution in [0.5, 0.6) is 0 Å². The smallest absolute Gasteiger partial charge is 0.265 e. The first-order valence-corrected chi connectivity index (χ1v) is 8.85. The van der Waals surface area contributed by atoms with E-state index in [1.807, 2.05) is 0 Å². The zero-order valence-corrected chi connectivity index (χ0v) is 13.4. The maximum absolute atomic E-state index is 12.5. The van der Waals surface area contributed by atoms with E-state index in [1.165, 1.54) is 5.23 Å². The van der Waals surface area contributed by atoms with Crippen molar-refractivity contribution in [1.82, 2.24) is 10.1 Å². The van der Waals surface area contributed by atoms with Crippen molar-refractivity contribution >= 4 is 28.3 Å². The number of hydrogen-bond acceptors (Lipinski definition) is 7. The molecule has 0 aromatic heterocycles. The summed E-state index contributed by atoms with van der Waals surface area (Å²) in [7, 11) is -0.996. The fourth-order valence-electron chi connectivity index (χ4n) is 2.56. The standard InChI is InChI=1S/C14H17N3O5S/c1-23(20)8-6-16-21-7-5-11(22-16)17-13(18)9-3-2-4-10(15)12(9)14(17)19/h2-4,11H,5-8,15H2,1H3. The second-order valence-electron chi connectivity index (χ2n) is 5.27. The van der Waals surface area contributed by atoms with Gasteiger partial charge in [-0.25, -0.2) is 9.74 Å². The van der Waals surface area contributed by atoms with Crippen molar-refractivity contribution in [3.05, 3.63) is 29.3 Å². The molecule has 1 fully saturated rings. The topological polar surface area (TPSA) is 102 Å². The molecule has 9 heteroatoms. The van der Waals surface area contributed by atoms with Gasteiger partial charge in [-0.3, -0.25) is 18.6 Å². The molecular formula is C14H17N3O5S. The van der Waals surface area contributed by atoms with Crippen LogP contribution in [-0.4, -0.2) is 57.5 Å². The van der Waals surface area contributed by atoms with Crippen LogP contribution in [-0.2, 0) is 20.5 Å². The third kappa shape index (κ3) is 3.00. The van der Waals surface area contributed by atoms with Crippen LogP contribution in [0.4, 0.5) is 5.69 Å². The molecule has 1 aromatic carbocycles. The Labute approximate surface area is 135 Å². The van der Waals surface area contributed by atoms with Gasteiger partial charge in [-0.05, 0) is 12.1 Å². The van der Waals surface area contributed by atoms with E-state index in [0.717, 1.165) is 4.90 Å². The minimum Gasteiger partial charge on any atom is -0.398 e. The van der Waals surface area contributed by atoms with E-state index >= 15 is 0 Å². The maximum atomic E-state index is 12.5. The first-order valence-electron chi connectivity index (χ1n) is 7.12. The Hall–Kier alpha value is -1.81. The van der Waals surface area contributed by atoms with E-state index in [4.69, 9.17) is 15.4 Å². The van der Waals surface area contributed by atoms with Gasteiger partial charge in [0.05, 0.1) is 24.3 Å². The Morgan fingerprint density at radius 1 is 1.35 bits per heavy atom. The van der Waals surface area contributed by atoms with Crippen molar-refractivity contribution in [2.45, 2.75) is 12.6 Å². The highest BCUT2D eigenvalue weighted by atomic mass is 32.2. The normalized spacial score (nSPS) is 23.2. The number of anilines is 1. The van der Waals surface area contributed by atoms with Crippen molar-refractivity contribution < 1.29 is 23.5 Å². The summed E-state index contributed by atoms with van der Waals surface area (Å²) in [5.74, 6) is -0.529. The van der Waals surface area contributed by atoms with Gasteiger partial charge in [0.2, 0.25) is 0 Å². The van der Waals surface area contributed by atoms with Crippen LogP contribution >= 0.6 is 0 Å². The zero-order valence-electron chi connectivity index (χ0n) is 12.6. The molecule has 2 aliphatic rings. The largest absolute Gasteiger partial charge is 0.398 e. The van der Waals surface area contributed by atoms with Gasteiger partial charge < -0.3 is 5.73 Å². The molecule has 2 heterocycles. The molecular weight excluding hydrogens is 322 g/mol. The van der Waals surface area contributed by atoms with Crippen LogP contribution in [0.1, 0.15) is 27.1 Å². The van der Waals surface area contributed by atoms with Gasteiger partial charge in [-0.15, -0.1) is 0 Å². The zero-order chi connectivity index (χ0) is 16.6. The van der Waals surface area contributed by atoms with E-state index in [9.17, 15) is 13.8 Å².